The van der Waals surface area contributed by atoms with Crippen LogP contribution in [0.15, 0.2) is 78.9 Å². The predicted molar refractivity (Wildman–Crippen MR) is 177 cm³/mol. The number of ether oxygens (including phenoxy) is 1. The van der Waals surface area contributed by atoms with Crippen molar-refractivity contribution >= 4 is 29.5 Å². The third-order valence-electron chi connectivity index (χ3n) is 7.34. The van der Waals surface area contributed by atoms with Gasteiger partial charge in [-0.2, -0.15) is 31.6 Å². The molecule has 0 spiro atoms. The lowest BCUT2D eigenvalue weighted by atomic mass is 10.0. The molecule has 4 aromatic rings. The lowest BCUT2D eigenvalue weighted by molar-refractivity contribution is -0.360. The molecule has 1 aliphatic rings. The minimum atomic E-state index is -5.83. The highest BCUT2D eigenvalue weighted by atomic mass is 32.2. The summed E-state index contributed by atoms with van der Waals surface area (Å²) < 4.78 is 69.3. The lowest BCUT2D eigenvalue weighted by Gasteiger charge is -2.36. The van der Waals surface area contributed by atoms with Gasteiger partial charge in [0, 0.05) is 31.4 Å². The van der Waals surface area contributed by atoms with Gasteiger partial charge in [0.25, 0.3) is 0 Å². The van der Waals surface area contributed by atoms with E-state index in [9.17, 15) is 22.0 Å². The van der Waals surface area contributed by atoms with E-state index in [4.69, 9.17) is 0 Å². The van der Waals surface area contributed by atoms with Crippen LogP contribution in [0, 0.1) is 0 Å². The van der Waals surface area contributed by atoms with Gasteiger partial charge >= 0.3 is 12.3 Å². The fraction of sp³-hybridized carbons (Fsp3) is 0.333. The van der Waals surface area contributed by atoms with Crippen molar-refractivity contribution in [2.24, 2.45) is 0 Å². The van der Waals surface area contributed by atoms with Crippen LogP contribution in [0.4, 0.5) is 33.6 Å². The minimum absolute atomic E-state index is 0.122. The fourth-order valence-corrected chi connectivity index (χ4v) is 6.02. The Morgan fingerprint density at radius 3 is 2.40 bits per heavy atom. The van der Waals surface area contributed by atoms with Gasteiger partial charge < -0.3 is 15.4 Å². The molecule has 3 aromatic carbocycles. The standard InChI is InChI=1S/C33H36F5N7OS/c1-22(2)27-9-4-5-10-28(27)41-31-44(20-7-21-47-31)40-19-6-8-23-11-13-24(14-12-23)29-42-30(39-3)45(43-29)25-15-17-26(18-16-25)46-33(37,38)32(34,35)36/h4-6,8-18,22,31,40-41H,7,19-21H2,1-3H3,(H,39,42,43)/b8-6+. The molecule has 0 bridgehead atoms. The second kappa shape index (κ2) is 14.7. The van der Waals surface area contributed by atoms with Crippen LogP contribution in [0.1, 0.15) is 37.3 Å². The first kappa shape index (κ1) is 34.2. The Hall–Kier alpha value is -4.14. The zero-order valence-electron chi connectivity index (χ0n) is 26.1. The van der Waals surface area contributed by atoms with Gasteiger partial charge in [-0.15, -0.1) is 16.9 Å². The van der Waals surface area contributed by atoms with Crippen LogP contribution >= 0.6 is 11.8 Å². The maximum absolute atomic E-state index is 13.3. The zero-order valence-corrected chi connectivity index (χ0v) is 26.9. The monoisotopic (exact) mass is 673 g/mol. The zero-order chi connectivity index (χ0) is 33.6. The van der Waals surface area contributed by atoms with Crippen molar-refractivity contribution in [2.45, 2.75) is 44.0 Å². The molecule has 1 saturated heterocycles. The molecule has 0 amide bonds. The van der Waals surface area contributed by atoms with Crippen molar-refractivity contribution in [1.29, 1.82) is 0 Å². The number of para-hydroxylation sites is 1. The summed E-state index contributed by atoms with van der Waals surface area (Å²) in [5.74, 6) is 1.63. The number of benzene rings is 3. The highest BCUT2D eigenvalue weighted by molar-refractivity contribution is 7.99. The van der Waals surface area contributed by atoms with Gasteiger partial charge in [0.05, 0.1) is 5.69 Å². The molecule has 47 heavy (non-hydrogen) atoms. The summed E-state index contributed by atoms with van der Waals surface area (Å²) in [5, 5.41) is 13.4. The number of anilines is 2. The Kier molecular flexibility index (Phi) is 10.7. The Bertz CT molecular complexity index is 1640. The Morgan fingerprint density at radius 1 is 1.00 bits per heavy atom. The van der Waals surface area contributed by atoms with Crippen molar-refractivity contribution < 1.29 is 26.7 Å². The van der Waals surface area contributed by atoms with Gasteiger partial charge in [-0.3, -0.25) is 0 Å². The van der Waals surface area contributed by atoms with Gasteiger partial charge in [-0.25, -0.2) is 10.4 Å². The number of halogens is 5. The number of aromatic nitrogens is 3. The molecule has 1 unspecified atom stereocenters. The van der Waals surface area contributed by atoms with Crippen LogP contribution in [0.2, 0.25) is 0 Å². The van der Waals surface area contributed by atoms with E-state index >= 15 is 0 Å². The Labute approximate surface area is 274 Å². The molecule has 8 nitrogen and oxygen atoms in total. The average molecular weight is 674 g/mol. The molecule has 1 aliphatic heterocycles. The van der Waals surface area contributed by atoms with Gasteiger partial charge in [-0.1, -0.05) is 68.5 Å². The summed E-state index contributed by atoms with van der Waals surface area (Å²) in [6.07, 6.45) is -5.94. The molecule has 5 rings (SSSR count). The number of alkyl halides is 5. The van der Waals surface area contributed by atoms with E-state index in [0.29, 0.717) is 29.9 Å². The molecular formula is C33H36F5N7OS. The van der Waals surface area contributed by atoms with Gasteiger partial charge in [0.2, 0.25) is 5.95 Å². The molecule has 1 aromatic heterocycles. The van der Waals surface area contributed by atoms with Crippen LogP contribution in [-0.2, 0) is 0 Å². The van der Waals surface area contributed by atoms with Crippen molar-refractivity contribution in [3.63, 3.8) is 0 Å². The van der Waals surface area contributed by atoms with Crippen LogP contribution in [0.25, 0.3) is 23.2 Å². The largest absolute Gasteiger partial charge is 0.499 e. The van der Waals surface area contributed by atoms with E-state index in [1.807, 2.05) is 42.1 Å². The first-order valence-corrected chi connectivity index (χ1v) is 16.1. The predicted octanol–water partition coefficient (Wildman–Crippen LogP) is 7.99. The molecule has 2 heterocycles. The van der Waals surface area contributed by atoms with Crippen LogP contribution < -0.4 is 20.8 Å². The number of hydrazine groups is 1. The summed E-state index contributed by atoms with van der Waals surface area (Å²) in [6, 6.07) is 20.8. The summed E-state index contributed by atoms with van der Waals surface area (Å²) in [4.78, 5) is 4.50. The topological polar surface area (TPSA) is 79.3 Å². The third kappa shape index (κ3) is 8.42. The normalized spacial score (nSPS) is 16.1. The van der Waals surface area contributed by atoms with E-state index in [2.05, 4.69) is 80.1 Å². The first-order valence-electron chi connectivity index (χ1n) is 15.1. The molecular weight excluding hydrogens is 637 g/mol. The summed E-state index contributed by atoms with van der Waals surface area (Å²) in [7, 11) is 1.64. The van der Waals surface area contributed by atoms with Crippen molar-refractivity contribution in [3.05, 3.63) is 90.0 Å². The van der Waals surface area contributed by atoms with Crippen molar-refractivity contribution in [2.75, 3.05) is 36.5 Å². The third-order valence-corrected chi connectivity index (χ3v) is 8.56. The lowest BCUT2D eigenvalue weighted by Crippen LogP contribution is -2.50. The van der Waals surface area contributed by atoms with Gasteiger partial charge in [-0.05, 0) is 59.6 Å². The number of rotatable bonds is 12. The first-order chi connectivity index (χ1) is 22.4. The molecule has 0 saturated carbocycles. The summed E-state index contributed by atoms with van der Waals surface area (Å²) in [5.41, 5.74) is 8.23. The van der Waals surface area contributed by atoms with Crippen molar-refractivity contribution in [3.8, 4) is 22.8 Å². The summed E-state index contributed by atoms with van der Waals surface area (Å²) >= 11 is 1.89. The molecule has 0 aliphatic carbocycles. The SMILES string of the molecule is CNc1nc(-c2ccc(/C=C/CNN3CCCSC3Nc3ccccc3C(C)C)cc2)nn1-c1ccc(OC(F)(F)C(F)(F)F)cc1. The molecule has 0 radical (unpaired) electrons. The molecule has 250 valence electrons. The number of nitrogens with zero attached hydrogens (tertiary/aromatic N) is 4. The molecule has 3 N–H and O–H groups in total. The second-order valence-corrected chi connectivity index (χ2v) is 12.3. The number of nitrogens with one attached hydrogen (secondary N) is 3. The quantitative estimate of drug-likeness (QED) is 0.131. The number of hydrogen-bond acceptors (Lipinski definition) is 8. The second-order valence-electron chi connectivity index (χ2n) is 11.1. The van der Waals surface area contributed by atoms with E-state index in [-0.39, 0.29) is 5.50 Å². The maximum atomic E-state index is 13.3. The van der Waals surface area contributed by atoms with Gasteiger partial charge in [0.15, 0.2) is 5.82 Å². The Morgan fingerprint density at radius 2 is 1.72 bits per heavy atom. The Balaban J connectivity index is 1.19. The number of thioether (sulfide) groups is 1. The highest BCUT2D eigenvalue weighted by Crippen LogP contribution is 2.37. The van der Waals surface area contributed by atoms with E-state index in [0.717, 1.165) is 47.7 Å². The number of hydrogen-bond donors (Lipinski definition) is 3. The molecule has 14 heteroatoms. The van der Waals surface area contributed by atoms with E-state index < -0.39 is 18.0 Å². The van der Waals surface area contributed by atoms with E-state index in [1.165, 1.54) is 22.4 Å². The fourth-order valence-electron chi connectivity index (χ4n) is 4.93. The van der Waals surface area contributed by atoms with Crippen LogP contribution in [0.5, 0.6) is 5.75 Å². The minimum Gasteiger partial charge on any atom is -0.426 e. The van der Waals surface area contributed by atoms with Crippen molar-refractivity contribution in [1.82, 2.24) is 25.2 Å². The molecule has 1 atom stereocenters. The van der Waals surface area contributed by atoms with Crippen LogP contribution in [0.3, 0.4) is 0 Å². The average Bonchev–Trinajstić information content (AvgIpc) is 3.48. The highest BCUT2D eigenvalue weighted by Gasteiger charge is 2.61. The summed E-state index contributed by atoms with van der Waals surface area (Å²) in [6.45, 7) is 6.00. The molecule has 1 fully saturated rings. The maximum Gasteiger partial charge on any atom is 0.499 e. The van der Waals surface area contributed by atoms with E-state index in [1.54, 1.807) is 7.05 Å². The smallest absolute Gasteiger partial charge is 0.426 e. The van der Waals surface area contributed by atoms with Crippen LogP contribution in [-0.4, -0.2) is 63.4 Å². The van der Waals surface area contributed by atoms with Gasteiger partial charge in [0.1, 0.15) is 11.2 Å².